The van der Waals surface area contributed by atoms with Gasteiger partial charge in [0, 0.05) is 11.4 Å². The maximum atomic E-state index is 13.8. The van der Waals surface area contributed by atoms with Crippen LogP contribution in [0.4, 0.5) is 0 Å². The van der Waals surface area contributed by atoms with Gasteiger partial charge in [-0.1, -0.05) is 12.1 Å². The molecule has 1 fully saturated rings. The lowest BCUT2D eigenvalue weighted by Crippen LogP contribution is -2.32. The largest absolute Gasteiger partial charge is 0.340 e. The molecule has 1 aliphatic carbocycles. The number of benzene rings is 1. The standard InChI is InChI=1S/C20H19N7OS/c28-19(17-12-5-3-9-16(12)29-20(17)27-11-21-24-25-27)26-10-4-8-15(26)18-22-13-6-1-2-7-14(13)23-18/h1-2,6-7,11,15H,3-5,8-10H2,(H,22,23)/t15-/m1/s1. The number of amides is 1. The smallest absolute Gasteiger partial charge is 0.257 e. The van der Waals surface area contributed by atoms with Crippen molar-refractivity contribution in [1.29, 1.82) is 0 Å². The molecule has 0 spiro atoms. The van der Waals surface area contributed by atoms with Gasteiger partial charge in [0.2, 0.25) is 0 Å². The van der Waals surface area contributed by atoms with E-state index in [1.807, 2.05) is 29.2 Å². The minimum atomic E-state index is -0.0337. The lowest BCUT2D eigenvalue weighted by atomic mass is 10.1. The Kier molecular flexibility index (Phi) is 3.77. The Morgan fingerprint density at radius 1 is 1.21 bits per heavy atom. The lowest BCUT2D eigenvalue weighted by Gasteiger charge is -2.24. The number of aromatic amines is 1. The molecule has 1 saturated heterocycles. The van der Waals surface area contributed by atoms with E-state index in [-0.39, 0.29) is 11.9 Å². The molecule has 0 radical (unpaired) electrons. The number of carbonyl (C=O) groups is 1. The van der Waals surface area contributed by atoms with E-state index in [0.29, 0.717) is 0 Å². The van der Waals surface area contributed by atoms with Crippen molar-refractivity contribution in [1.82, 2.24) is 35.1 Å². The molecule has 146 valence electrons. The van der Waals surface area contributed by atoms with Gasteiger partial charge in [0.25, 0.3) is 5.91 Å². The molecule has 4 heterocycles. The maximum absolute atomic E-state index is 13.8. The molecule has 4 aromatic rings. The van der Waals surface area contributed by atoms with Gasteiger partial charge in [-0.3, -0.25) is 4.79 Å². The van der Waals surface area contributed by atoms with E-state index in [0.717, 1.165) is 66.1 Å². The molecule has 0 bridgehead atoms. The molecular weight excluding hydrogens is 386 g/mol. The first-order chi connectivity index (χ1) is 14.3. The summed E-state index contributed by atoms with van der Waals surface area (Å²) >= 11 is 1.64. The Bertz CT molecular complexity index is 1180. The summed E-state index contributed by atoms with van der Waals surface area (Å²) in [6, 6.07) is 7.97. The lowest BCUT2D eigenvalue weighted by molar-refractivity contribution is 0.0730. The van der Waals surface area contributed by atoms with E-state index in [9.17, 15) is 4.79 Å². The van der Waals surface area contributed by atoms with Crippen LogP contribution in [0.25, 0.3) is 16.0 Å². The predicted octanol–water partition coefficient (Wildman–Crippen LogP) is 3.07. The fraction of sp³-hybridized carbons (Fsp3) is 0.350. The monoisotopic (exact) mass is 405 g/mol. The number of hydrogen-bond acceptors (Lipinski definition) is 6. The van der Waals surface area contributed by atoms with Gasteiger partial charge in [0.05, 0.1) is 22.6 Å². The first-order valence-electron chi connectivity index (χ1n) is 9.93. The summed E-state index contributed by atoms with van der Waals surface area (Å²) in [5.74, 6) is 0.936. The quantitative estimate of drug-likeness (QED) is 0.565. The highest BCUT2D eigenvalue weighted by Crippen LogP contribution is 2.40. The van der Waals surface area contributed by atoms with E-state index in [1.165, 1.54) is 10.4 Å². The third-order valence-electron chi connectivity index (χ3n) is 5.91. The van der Waals surface area contributed by atoms with E-state index in [1.54, 1.807) is 22.3 Å². The zero-order chi connectivity index (χ0) is 19.4. The van der Waals surface area contributed by atoms with E-state index >= 15 is 0 Å². The summed E-state index contributed by atoms with van der Waals surface area (Å²) in [5, 5.41) is 12.4. The molecule has 9 heteroatoms. The van der Waals surface area contributed by atoms with E-state index < -0.39 is 0 Å². The minimum Gasteiger partial charge on any atom is -0.340 e. The molecule has 8 nitrogen and oxygen atoms in total. The van der Waals surface area contributed by atoms with Gasteiger partial charge in [-0.05, 0) is 60.2 Å². The van der Waals surface area contributed by atoms with Gasteiger partial charge in [-0.2, -0.15) is 4.68 Å². The molecule has 29 heavy (non-hydrogen) atoms. The molecule has 1 N–H and O–H groups in total. The highest BCUT2D eigenvalue weighted by molar-refractivity contribution is 7.15. The Balaban J connectivity index is 1.41. The Morgan fingerprint density at radius 3 is 3.00 bits per heavy atom. The number of H-pyrrole nitrogens is 1. The van der Waals surface area contributed by atoms with Crippen LogP contribution in [0.1, 0.15) is 51.9 Å². The average Bonchev–Trinajstić information content (AvgIpc) is 3.54. The van der Waals surface area contributed by atoms with Crippen LogP contribution in [-0.2, 0) is 12.8 Å². The predicted molar refractivity (Wildman–Crippen MR) is 108 cm³/mol. The first-order valence-corrected chi connectivity index (χ1v) is 10.7. The summed E-state index contributed by atoms with van der Waals surface area (Å²) < 4.78 is 1.63. The van der Waals surface area contributed by atoms with Gasteiger partial charge in [-0.15, -0.1) is 16.4 Å². The van der Waals surface area contributed by atoms with Crippen LogP contribution in [0.5, 0.6) is 0 Å². The number of rotatable bonds is 3. The van der Waals surface area contributed by atoms with Gasteiger partial charge in [0.15, 0.2) is 0 Å². The second-order valence-electron chi connectivity index (χ2n) is 7.59. The highest BCUT2D eigenvalue weighted by atomic mass is 32.1. The summed E-state index contributed by atoms with van der Waals surface area (Å²) in [4.78, 5) is 25.3. The fourth-order valence-corrected chi connectivity index (χ4v) is 5.89. The number of tetrazole rings is 1. The van der Waals surface area contributed by atoms with Crippen molar-refractivity contribution in [3.8, 4) is 5.00 Å². The number of carbonyl (C=O) groups excluding carboxylic acids is 1. The van der Waals surface area contributed by atoms with Gasteiger partial charge in [-0.25, -0.2) is 4.98 Å². The summed E-state index contributed by atoms with van der Waals surface area (Å²) in [6.45, 7) is 0.736. The molecule has 6 rings (SSSR count). The number of nitrogens with one attached hydrogen (secondary N) is 1. The molecular formula is C20H19N7OS. The molecule has 0 unspecified atom stereocenters. The SMILES string of the molecule is O=C(c1c(-n2cnnn2)sc2c1CCC2)N1CCC[C@@H]1c1nc2ccccc2[nH]1. The number of aromatic nitrogens is 6. The Morgan fingerprint density at radius 2 is 2.14 bits per heavy atom. The zero-order valence-corrected chi connectivity index (χ0v) is 16.5. The van der Waals surface area contributed by atoms with Crippen molar-refractivity contribution in [2.24, 2.45) is 0 Å². The van der Waals surface area contributed by atoms with Crippen LogP contribution in [-0.4, -0.2) is 47.5 Å². The van der Waals surface area contributed by atoms with Crippen LogP contribution in [0.2, 0.25) is 0 Å². The van der Waals surface area contributed by atoms with Crippen molar-refractivity contribution in [2.45, 2.75) is 38.1 Å². The van der Waals surface area contributed by atoms with Crippen molar-refractivity contribution in [3.63, 3.8) is 0 Å². The molecule has 1 aromatic carbocycles. The summed E-state index contributed by atoms with van der Waals surface area (Å²) in [5.41, 5.74) is 3.90. The molecule has 0 saturated carbocycles. The number of imidazole rings is 1. The van der Waals surface area contributed by atoms with Gasteiger partial charge < -0.3 is 9.88 Å². The number of aryl methyl sites for hydroxylation is 1. The Hall–Kier alpha value is -3.07. The highest BCUT2D eigenvalue weighted by Gasteiger charge is 2.37. The number of likely N-dealkylation sites (tertiary alicyclic amines) is 1. The van der Waals surface area contributed by atoms with Crippen LogP contribution < -0.4 is 0 Å². The van der Waals surface area contributed by atoms with Crippen molar-refractivity contribution >= 4 is 28.3 Å². The number of fused-ring (bicyclic) bond motifs is 2. The number of hydrogen-bond donors (Lipinski definition) is 1. The van der Waals surface area contributed by atoms with Crippen LogP contribution >= 0.6 is 11.3 Å². The Labute approximate surface area is 170 Å². The van der Waals surface area contributed by atoms with Crippen molar-refractivity contribution < 1.29 is 4.79 Å². The van der Waals surface area contributed by atoms with Crippen molar-refractivity contribution in [2.75, 3.05) is 6.54 Å². The van der Waals surface area contributed by atoms with E-state index in [2.05, 4.69) is 20.5 Å². The van der Waals surface area contributed by atoms with Gasteiger partial charge >= 0.3 is 0 Å². The van der Waals surface area contributed by atoms with Crippen LogP contribution in [0, 0.1) is 0 Å². The van der Waals surface area contributed by atoms with E-state index in [4.69, 9.17) is 4.98 Å². The molecule has 1 aliphatic heterocycles. The second kappa shape index (κ2) is 6.48. The average molecular weight is 405 g/mol. The maximum Gasteiger partial charge on any atom is 0.257 e. The first kappa shape index (κ1) is 16.8. The zero-order valence-electron chi connectivity index (χ0n) is 15.7. The van der Waals surface area contributed by atoms with Crippen LogP contribution in [0.3, 0.4) is 0 Å². The summed E-state index contributed by atoms with van der Waals surface area (Å²) in [7, 11) is 0. The third-order valence-corrected chi connectivity index (χ3v) is 7.19. The number of thiophene rings is 1. The van der Waals surface area contributed by atoms with Crippen molar-refractivity contribution in [3.05, 3.63) is 52.4 Å². The summed E-state index contributed by atoms with van der Waals surface area (Å²) in [6.07, 6.45) is 6.52. The molecule has 3 aromatic heterocycles. The fourth-order valence-electron chi connectivity index (χ4n) is 4.59. The number of nitrogens with zero attached hydrogens (tertiary/aromatic N) is 6. The third kappa shape index (κ3) is 2.61. The molecule has 1 amide bonds. The topological polar surface area (TPSA) is 92.6 Å². The molecule has 2 aliphatic rings. The molecule has 1 atom stereocenters. The van der Waals surface area contributed by atoms with Gasteiger partial charge in [0.1, 0.15) is 17.2 Å². The normalized spacial score (nSPS) is 18.6. The number of para-hydroxylation sites is 2. The minimum absolute atomic E-state index is 0.0337. The van der Waals surface area contributed by atoms with Crippen LogP contribution in [0.15, 0.2) is 30.6 Å². The second-order valence-corrected chi connectivity index (χ2v) is 8.67.